The Morgan fingerprint density at radius 3 is 2.77 bits per heavy atom. The molecule has 0 radical (unpaired) electrons. The molecule has 6 nitrogen and oxygen atoms in total. The number of hydrogen-bond acceptors (Lipinski definition) is 5. The van der Waals surface area contributed by atoms with Gasteiger partial charge in [-0.25, -0.2) is 0 Å². The van der Waals surface area contributed by atoms with Crippen LogP contribution < -0.4 is 5.32 Å². The average Bonchev–Trinajstić information content (AvgIpc) is 3.12. The van der Waals surface area contributed by atoms with Crippen molar-refractivity contribution in [2.75, 3.05) is 19.7 Å². The third kappa shape index (κ3) is 5.56. The molecule has 0 aromatic carbocycles. The maximum Gasteiger partial charge on any atom is 0.310 e. The summed E-state index contributed by atoms with van der Waals surface area (Å²) in [6, 6.07) is 3.23. The molecule has 0 aliphatic carbocycles. The Balaban J connectivity index is 1.98. The fourth-order valence-electron chi connectivity index (χ4n) is 3.14. The molecular weight excluding hydrogens is 352 g/mol. The monoisotopic (exact) mass is 380 g/mol. The van der Waals surface area contributed by atoms with E-state index in [9.17, 15) is 14.4 Å². The molecule has 2 amide bonds. The molecule has 2 atom stereocenters. The smallest absolute Gasteiger partial charge is 0.310 e. The van der Waals surface area contributed by atoms with Crippen LogP contribution in [0.4, 0.5) is 0 Å². The SMILES string of the molecule is CCOC(=O)C1CCCN(C(=O)C(NC(=O)Cc2cccs2)C(C)C)C1. The van der Waals surface area contributed by atoms with Crippen LogP contribution in [0.2, 0.25) is 0 Å². The minimum atomic E-state index is -0.580. The molecule has 1 aliphatic heterocycles. The maximum atomic E-state index is 13.0. The van der Waals surface area contributed by atoms with Crippen molar-refractivity contribution in [3.05, 3.63) is 22.4 Å². The van der Waals surface area contributed by atoms with Gasteiger partial charge in [-0.05, 0) is 37.1 Å². The van der Waals surface area contributed by atoms with Crippen LogP contribution in [0.15, 0.2) is 17.5 Å². The number of carbonyl (C=O) groups is 3. The van der Waals surface area contributed by atoms with E-state index in [1.165, 1.54) is 11.3 Å². The molecule has 0 saturated carbocycles. The van der Waals surface area contributed by atoms with E-state index in [1.807, 2.05) is 31.4 Å². The van der Waals surface area contributed by atoms with E-state index >= 15 is 0 Å². The number of esters is 1. The van der Waals surface area contributed by atoms with Crippen LogP contribution in [0.1, 0.15) is 38.5 Å². The molecule has 0 bridgehead atoms. The Bertz CT molecular complexity index is 615. The van der Waals surface area contributed by atoms with Crippen molar-refractivity contribution < 1.29 is 19.1 Å². The minimum Gasteiger partial charge on any atom is -0.466 e. The first-order valence-electron chi connectivity index (χ1n) is 9.19. The van der Waals surface area contributed by atoms with Gasteiger partial charge in [0.05, 0.1) is 18.9 Å². The number of rotatable bonds is 7. The summed E-state index contributed by atoms with van der Waals surface area (Å²) in [5.41, 5.74) is 0. The van der Waals surface area contributed by atoms with Crippen LogP contribution in [-0.2, 0) is 25.5 Å². The van der Waals surface area contributed by atoms with Crippen LogP contribution in [0.3, 0.4) is 0 Å². The Morgan fingerprint density at radius 2 is 2.15 bits per heavy atom. The minimum absolute atomic E-state index is 0.0299. The van der Waals surface area contributed by atoms with Crippen molar-refractivity contribution in [3.63, 3.8) is 0 Å². The van der Waals surface area contributed by atoms with E-state index in [0.29, 0.717) is 19.7 Å². The molecule has 1 saturated heterocycles. The Morgan fingerprint density at radius 1 is 1.38 bits per heavy atom. The molecule has 1 aliphatic rings. The van der Waals surface area contributed by atoms with Crippen molar-refractivity contribution in [1.82, 2.24) is 10.2 Å². The highest BCUT2D eigenvalue weighted by molar-refractivity contribution is 7.10. The number of hydrogen-bond donors (Lipinski definition) is 1. The van der Waals surface area contributed by atoms with Crippen molar-refractivity contribution in [2.24, 2.45) is 11.8 Å². The van der Waals surface area contributed by atoms with Gasteiger partial charge < -0.3 is 15.0 Å². The van der Waals surface area contributed by atoms with Crippen LogP contribution >= 0.6 is 11.3 Å². The van der Waals surface area contributed by atoms with Crippen LogP contribution in [0.5, 0.6) is 0 Å². The third-order valence-electron chi connectivity index (χ3n) is 4.52. The first kappa shape index (κ1) is 20.4. The summed E-state index contributed by atoms with van der Waals surface area (Å²) in [5, 5.41) is 4.81. The van der Waals surface area contributed by atoms with Gasteiger partial charge in [-0.1, -0.05) is 19.9 Å². The summed E-state index contributed by atoms with van der Waals surface area (Å²) in [6.07, 6.45) is 1.78. The Kier molecular flexibility index (Phi) is 7.63. The molecule has 7 heteroatoms. The quantitative estimate of drug-likeness (QED) is 0.736. The van der Waals surface area contributed by atoms with Gasteiger partial charge in [0.25, 0.3) is 0 Å². The van der Waals surface area contributed by atoms with Gasteiger partial charge in [-0.15, -0.1) is 11.3 Å². The topological polar surface area (TPSA) is 75.7 Å². The van der Waals surface area contributed by atoms with E-state index in [-0.39, 0.29) is 36.0 Å². The van der Waals surface area contributed by atoms with E-state index in [2.05, 4.69) is 5.32 Å². The highest BCUT2D eigenvalue weighted by Gasteiger charge is 2.34. The highest BCUT2D eigenvalue weighted by atomic mass is 32.1. The molecule has 2 heterocycles. The summed E-state index contributed by atoms with van der Waals surface area (Å²) in [7, 11) is 0. The zero-order valence-electron chi connectivity index (χ0n) is 15.7. The number of likely N-dealkylation sites (tertiary alicyclic amines) is 1. The van der Waals surface area contributed by atoms with Crippen molar-refractivity contribution in [3.8, 4) is 0 Å². The fraction of sp³-hybridized carbons (Fsp3) is 0.632. The maximum absolute atomic E-state index is 13.0. The van der Waals surface area contributed by atoms with Crippen LogP contribution in [0.25, 0.3) is 0 Å². The molecule has 144 valence electrons. The van der Waals surface area contributed by atoms with Gasteiger partial charge in [0.2, 0.25) is 11.8 Å². The second-order valence-corrected chi connectivity index (χ2v) is 7.95. The number of nitrogens with one attached hydrogen (secondary N) is 1. The second-order valence-electron chi connectivity index (χ2n) is 6.92. The first-order chi connectivity index (χ1) is 12.4. The fourth-order valence-corrected chi connectivity index (χ4v) is 3.84. The number of ether oxygens (including phenoxy) is 1. The number of amides is 2. The van der Waals surface area contributed by atoms with Gasteiger partial charge in [0, 0.05) is 18.0 Å². The largest absolute Gasteiger partial charge is 0.466 e. The molecule has 0 spiro atoms. The van der Waals surface area contributed by atoms with Gasteiger partial charge in [-0.3, -0.25) is 14.4 Å². The third-order valence-corrected chi connectivity index (χ3v) is 5.39. The van der Waals surface area contributed by atoms with Crippen molar-refractivity contribution >= 4 is 29.1 Å². The number of piperidine rings is 1. The lowest BCUT2D eigenvalue weighted by atomic mass is 9.95. The van der Waals surface area contributed by atoms with Crippen LogP contribution in [0, 0.1) is 11.8 Å². The lowest BCUT2D eigenvalue weighted by Crippen LogP contribution is -2.54. The zero-order valence-corrected chi connectivity index (χ0v) is 16.5. The summed E-state index contributed by atoms with van der Waals surface area (Å²) < 4.78 is 5.10. The Labute approximate surface area is 158 Å². The normalized spacial score (nSPS) is 18.5. The Hall–Kier alpha value is -1.89. The van der Waals surface area contributed by atoms with Crippen molar-refractivity contribution in [1.29, 1.82) is 0 Å². The predicted octanol–water partition coefficient (Wildman–Crippen LogP) is 2.23. The van der Waals surface area contributed by atoms with E-state index in [0.717, 1.165) is 17.7 Å². The van der Waals surface area contributed by atoms with Gasteiger partial charge in [0.1, 0.15) is 6.04 Å². The first-order valence-corrected chi connectivity index (χ1v) is 10.1. The predicted molar refractivity (Wildman–Crippen MR) is 101 cm³/mol. The lowest BCUT2D eigenvalue weighted by molar-refractivity contribution is -0.152. The summed E-state index contributed by atoms with van der Waals surface area (Å²) >= 11 is 1.52. The standard InChI is InChI=1S/C19H28N2O4S/c1-4-25-19(24)14-7-5-9-21(12-14)18(23)17(13(2)3)20-16(22)11-15-8-6-10-26-15/h6,8,10,13-14,17H,4-5,7,9,11-12H2,1-3H3,(H,20,22). The highest BCUT2D eigenvalue weighted by Crippen LogP contribution is 2.20. The molecule has 1 N–H and O–H groups in total. The van der Waals surface area contributed by atoms with E-state index in [4.69, 9.17) is 4.74 Å². The average molecular weight is 381 g/mol. The molecule has 2 unspecified atom stereocenters. The summed E-state index contributed by atoms with van der Waals surface area (Å²) in [5.74, 6) is -0.820. The van der Waals surface area contributed by atoms with E-state index < -0.39 is 6.04 Å². The van der Waals surface area contributed by atoms with Crippen molar-refractivity contribution in [2.45, 2.75) is 46.1 Å². The summed E-state index contributed by atoms with van der Waals surface area (Å²) in [4.78, 5) is 39.9. The van der Waals surface area contributed by atoms with Crippen LogP contribution in [-0.4, -0.2) is 48.4 Å². The number of thiophene rings is 1. The van der Waals surface area contributed by atoms with E-state index in [1.54, 1.807) is 11.8 Å². The molecular formula is C19H28N2O4S. The molecule has 1 aromatic rings. The number of carbonyl (C=O) groups excluding carboxylic acids is 3. The second kappa shape index (κ2) is 9.71. The number of nitrogens with zero attached hydrogens (tertiary/aromatic N) is 1. The van der Waals surface area contributed by atoms with Gasteiger partial charge in [0.15, 0.2) is 0 Å². The zero-order chi connectivity index (χ0) is 19.1. The lowest BCUT2D eigenvalue weighted by Gasteiger charge is -2.35. The molecule has 26 heavy (non-hydrogen) atoms. The van der Waals surface area contributed by atoms with Gasteiger partial charge in [-0.2, -0.15) is 0 Å². The van der Waals surface area contributed by atoms with Gasteiger partial charge >= 0.3 is 5.97 Å². The molecule has 1 fully saturated rings. The molecule has 1 aromatic heterocycles. The summed E-state index contributed by atoms with van der Waals surface area (Å²) in [6.45, 7) is 6.93. The molecule has 2 rings (SSSR count).